The van der Waals surface area contributed by atoms with Crippen LogP contribution in [0.4, 0.5) is 16.4 Å². The number of anilines is 2. The van der Waals surface area contributed by atoms with Crippen LogP contribution in [-0.2, 0) is 0 Å². The van der Waals surface area contributed by atoms with E-state index in [0.717, 1.165) is 43.4 Å². The number of hydrogen-bond donors (Lipinski definition) is 1. The van der Waals surface area contributed by atoms with Gasteiger partial charge in [0, 0.05) is 31.1 Å². The predicted octanol–water partition coefficient (Wildman–Crippen LogP) is 2.79. The Morgan fingerprint density at radius 1 is 1.13 bits per heavy atom. The quantitative estimate of drug-likeness (QED) is 0.751. The fourth-order valence-electron chi connectivity index (χ4n) is 3.01. The molecule has 0 amide bonds. The molecule has 1 fully saturated rings. The van der Waals surface area contributed by atoms with Crippen LogP contribution in [0.25, 0.3) is 0 Å². The van der Waals surface area contributed by atoms with Crippen LogP contribution in [0.5, 0.6) is 0 Å². The molecule has 0 unspecified atom stereocenters. The summed E-state index contributed by atoms with van der Waals surface area (Å²) in [4.78, 5) is 11.1. The van der Waals surface area contributed by atoms with Crippen LogP contribution < -0.4 is 5.32 Å². The maximum atomic E-state index is 5.01. The van der Waals surface area contributed by atoms with Gasteiger partial charge >= 0.3 is 29.6 Å². The number of aliphatic imine (C=N–C) groups is 1. The van der Waals surface area contributed by atoms with Crippen LogP contribution in [-0.4, -0.2) is 78.4 Å². The number of rotatable bonds is 0. The Bertz CT molecular complexity index is 732. The molecule has 6 heteroatoms. The van der Waals surface area contributed by atoms with Gasteiger partial charge in [0.15, 0.2) is 0 Å². The summed E-state index contributed by atoms with van der Waals surface area (Å²) < 4.78 is 0. The monoisotopic (exact) mass is 336 g/mol. The molecule has 1 aromatic carbocycles. The van der Waals surface area contributed by atoms with Gasteiger partial charge in [-0.3, -0.25) is 0 Å². The van der Waals surface area contributed by atoms with E-state index >= 15 is 0 Å². The van der Waals surface area contributed by atoms with Crippen molar-refractivity contribution in [3.8, 4) is 0 Å². The van der Waals surface area contributed by atoms with Gasteiger partial charge in [-0.25, -0.2) is 4.99 Å². The van der Waals surface area contributed by atoms with E-state index in [1.165, 1.54) is 15.4 Å². The Morgan fingerprint density at radius 3 is 2.65 bits per heavy atom. The third-order valence-electron chi connectivity index (χ3n) is 4.28. The van der Waals surface area contributed by atoms with Crippen molar-refractivity contribution in [3.63, 3.8) is 0 Å². The number of nitrogens with one attached hydrogen (secondary N) is 1. The SMILES string of the molecule is Cc1cc2c(s1)Nc1ccccc1N=C2N1CCN(C)CC1.[NaH]. The molecule has 4 rings (SSSR count). The average molecular weight is 336 g/mol. The van der Waals surface area contributed by atoms with Crippen LogP contribution in [0.15, 0.2) is 35.3 Å². The zero-order chi connectivity index (χ0) is 15.1. The second kappa shape index (κ2) is 6.95. The number of para-hydroxylation sites is 2. The van der Waals surface area contributed by atoms with E-state index in [2.05, 4.69) is 59.4 Å². The van der Waals surface area contributed by atoms with Gasteiger partial charge in [0.2, 0.25) is 0 Å². The Morgan fingerprint density at radius 2 is 1.87 bits per heavy atom. The summed E-state index contributed by atoms with van der Waals surface area (Å²) in [7, 11) is 2.18. The molecule has 0 atom stereocenters. The molecule has 2 aliphatic rings. The molecule has 116 valence electrons. The average Bonchev–Trinajstić information content (AvgIpc) is 2.80. The molecule has 0 aliphatic carbocycles. The van der Waals surface area contributed by atoms with E-state index in [9.17, 15) is 0 Å². The zero-order valence-electron chi connectivity index (χ0n) is 13.0. The van der Waals surface area contributed by atoms with E-state index in [4.69, 9.17) is 4.99 Å². The normalized spacial score (nSPS) is 17.3. The van der Waals surface area contributed by atoms with Gasteiger partial charge in [-0.15, -0.1) is 11.3 Å². The topological polar surface area (TPSA) is 30.9 Å². The number of hydrogen-bond acceptors (Lipinski definition) is 5. The standard InChI is InChI=1S/C17H20N4S.Na.H/c1-12-11-13-16(21-9-7-20(2)8-10-21)18-14-5-3-4-6-15(14)19-17(13)22-12;;/h3-6,11,19H,7-10H2,1-2H3;;. The first-order valence-electron chi connectivity index (χ1n) is 7.70. The van der Waals surface area contributed by atoms with Crippen molar-refractivity contribution in [1.29, 1.82) is 0 Å². The number of nitrogens with zero attached hydrogens (tertiary/aromatic N) is 3. The van der Waals surface area contributed by atoms with Crippen molar-refractivity contribution >= 4 is 63.1 Å². The molecule has 1 aromatic heterocycles. The van der Waals surface area contributed by atoms with Gasteiger partial charge in [-0.2, -0.15) is 0 Å². The van der Waals surface area contributed by atoms with Crippen LogP contribution >= 0.6 is 11.3 Å². The minimum atomic E-state index is 0. The molecule has 3 heterocycles. The van der Waals surface area contributed by atoms with Crippen molar-refractivity contribution < 1.29 is 0 Å². The number of likely N-dealkylation sites (N-methyl/N-ethyl adjacent to an activating group) is 1. The minimum absolute atomic E-state index is 0. The van der Waals surface area contributed by atoms with Gasteiger partial charge in [-0.05, 0) is 32.2 Å². The number of aryl methyl sites for hydroxylation is 1. The van der Waals surface area contributed by atoms with Crippen molar-refractivity contribution in [2.24, 2.45) is 4.99 Å². The summed E-state index contributed by atoms with van der Waals surface area (Å²) in [5.74, 6) is 1.12. The zero-order valence-corrected chi connectivity index (χ0v) is 13.8. The van der Waals surface area contributed by atoms with Gasteiger partial charge in [-0.1, -0.05) is 12.1 Å². The van der Waals surface area contributed by atoms with Gasteiger partial charge in [0.1, 0.15) is 10.8 Å². The fourth-order valence-corrected chi connectivity index (χ4v) is 3.93. The molecular formula is C17H21N4NaS. The molecule has 1 N–H and O–H groups in total. The number of piperazine rings is 1. The van der Waals surface area contributed by atoms with Crippen LogP contribution in [0.2, 0.25) is 0 Å². The molecule has 0 bridgehead atoms. The molecular weight excluding hydrogens is 315 g/mol. The third-order valence-corrected chi connectivity index (χ3v) is 5.24. The van der Waals surface area contributed by atoms with Crippen LogP contribution in [0, 0.1) is 6.92 Å². The van der Waals surface area contributed by atoms with E-state index in [1.807, 2.05) is 0 Å². The number of thiophene rings is 1. The molecule has 0 saturated carbocycles. The number of fused-ring (bicyclic) bond motifs is 2. The maximum absolute atomic E-state index is 5.01. The predicted molar refractivity (Wildman–Crippen MR) is 101 cm³/mol. The van der Waals surface area contributed by atoms with Crippen LogP contribution in [0.3, 0.4) is 0 Å². The van der Waals surface area contributed by atoms with Gasteiger partial charge in [0.05, 0.1) is 16.9 Å². The summed E-state index contributed by atoms with van der Waals surface area (Å²) in [5.41, 5.74) is 3.36. The molecule has 0 spiro atoms. The Labute approximate surface area is 163 Å². The van der Waals surface area contributed by atoms with Crippen molar-refractivity contribution in [3.05, 3.63) is 40.8 Å². The summed E-state index contributed by atoms with van der Waals surface area (Å²) in [6.07, 6.45) is 0. The first-order valence-corrected chi connectivity index (χ1v) is 8.51. The molecule has 0 radical (unpaired) electrons. The number of benzene rings is 1. The van der Waals surface area contributed by atoms with E-state index in [0.29, 0.717) is 0 Å². The molecule has 2 aliphatic heterocycles. The van der Waals surface area contributed by atoms with Gasteiger partial charge < -0.3 is 15.1 Å². The van der Waals surface area contributed by atoms with Crippen molar-refractivity contribution in [2.45, 2.75) is 6.92 Å². The fraction of sp³-hybridized carbons (Fsp3) is 0.353. The van der Waals surface area contributed by atoms with E-state index in [1.54, 1.807) is 11.3 Å². The summed E-state index contributed by atoms with van der Waals surface area (Å²) >= 11 is 1.81. The van der Waals surface area contributed by atoms with E-state index in [-0.39, 0.29) is 29.6 Å². The third kappa shape index (κ3) is 3.35. The van der Waals surface area contributed by atoms with E-state index < -0.39 is 0 Å². The molecule has 23 heavy (non-hydrogen) atoms. The van der Waals surface area contributed by atoms with Crippen molar-refractivity contribution in [2.75, 3.05) is 38.5 Å². The Hall–Kier alpha value is -0.850. The van der Waals surface area contributed by atoms with Crippen molar-refractivity contribution in [1.82, 2.24) is 9.80 Å². The Kier molecular flexibility index (Phi) is 5.13. The molecule has 2 aromatic rings. The van der Waals surface area contributed by atoms with Gasteiger partial charge in [0.25, 0.3) is 0 Å². The Balaban J connectivity index is 0.00000156. The summed E-state index contributed by atoms with van der Waals surface area (Å²) in [6.45, 7) is 6.41. The molecule has 4 nitrogen and oxygen atoms in total. The first kappa shape index (κ1) is 17.0. The second-order valence-corrected chi connectivity index (χ2v) is 7.22. The summed E-state index contributed by atoms with van der Waals surface area (Å²) in [6, 6.07) is 10.6. The summed E-state index contributed by atoms with van der Waals surface area (Å²) in [5, 5.41) is 4.78. The number of amidine groups is 1. The first-order chi connectivity index (χ1) is 10.7. The van der Waals surface area contributed by atoms with Crippen LogP contribution in [0.1, 0.15) is 10.4 Å². The second-order valence-electron chi connectivity index (χ2n) is 5.97. The molecule has 1 saturated heterocycles.